The predicted molar refractivity (Wildman–Crippen MR) is 63.1 cm³/mol. The molecule has 0 aliphatic carbocycles. The van der Waals surface area contributed by atoms with E-state index in [9.17, 15) is 4.79 Å². The molecule has 0 aromatic heterocycles. The summed E-state index contributed by atoms with van der Waals surface area (Å²) >= 11 is 0. The molecule has 1 N–H and O–H groups in total. The lowest BCUT2D eigenvalue weighted by molar-refractivity contribution is -0.118. The number of hydrogen-bond acceptors (Lipinski definition) is 1. The Morgan fingerprint density at radius 3 is 2.36 bits per heavy atom. The first kappa shape index (κ1) is 15.2. The van der Waals surface area contributed by atoms with Crippen molar-refractivity contribution in [3.05, 3.63) is 36.5 Å². The van der Waals surface area contributed by atoms with Gasteiger partial charge in [0.1, 0.15) is 0 Å². The van der Waals surface area contributed by atoms with Crippen molar-refractivity contribution in [1.82, 2.24) is 5.32 Å². The predicted octanol–water partition coefficient (Wildman–Crippen LogP) is 2.84. The Morgan fingerprint density at radius 2 is 2.00 bits per heavy atom. The van der Waals surface area contributed by atoms with Crippen LogP contribution < -0.4 is 5.32 Å². The first-order valence-electron chi connectivity index (χ1n) is 4.89. The number of carbonyl (C=O) groups excluding carboxylic acids is 1. The lowest BCUT2D eigenvalue weighted by Gasteiger charge is -2.00. The zero-order valence-electron chi connectivity index (χ0n) is 9.63. The molecule has 2 heteroatoms. The second kappa shape index (κ2) is 11.7. The van der Waals surface area contributed by atoms with E-state index in [0.717, 1.165) is 5.57 Å². The number of carbonyl (C=O) groups is 1. The summed E-state index contributed by atoms with van der Waals surface area (Å²) < 4.78 is 0. The van der Waals surface area contributed by atoms with Gasteiger partial charge < -0.3 is 5.32 Å². The molecule has 80 valence electrons. The molecule has 0 aliphatic heterocycles. The molecule has 0 bridgehead atoms. The SMILES string of the molecule is C=C/C(=C\C=C/C)CNC(C)=O.CC. The second-order valence-electron chi connectivity index (χ2n) is 2.38. The van der Waals surface area contributed by atoms with Crippen LogP contribution in [0.15, 0.2) is 36.5 Å². The van der Waals surface area contributed by atoms with Crippen LogP contribution in [0.2, 0.25) is 0 Å². The summed E-state index contributed by atoms with van der Waals surface area (Å²) in [6.45, 7) is 11.6. The van der Waals surface area contributed by atoms with Crippen LogP contribution in [-0.4, -0.2) is 12.5 Å². The average Bonchev–Trinajstić information content (AvgIpc) is 2.21. The Labute approximate surface area is 87.4 Å². The van der Waals surface area contributed by atoms with Crippen molar-refractivity contribution in [3.8, 4) is 0 Å². The van der Waals surface area contributed by atoms with E-state index in [0.29, 0.717) is 6.54 Å². The Kier molecular flexibility index (Phi) is 12.7. The van der Waals surface area contributed by atoms with Crippen molar-refractivity contribution in [2.24, 2.45) is 0 Å². The minimum atomic E-state index is -0.0248. The number of amides is 1. The van der Waals surface area contributed by atoms with Gasteiger partial charge in [-0.15, -0.1) is 0 Å². The maximum Gasteiger partial charge on any atom is 0.217 e. The first-order chi connectivity index (χ1) is 6.70. The molecule has 2 nitrogen and oxygen atoms in total. The number of rotatable bonds is 4. The van der Waals surface area contributed by atoms with Crippen LogP contribution in [0.25, 0.3) is 0 Å². The fourth-order valence-electron chi connectivity index (χ4n) is 0.645. The van der Waals surface area contributed by atoms with E-state index in [1.807, 2.05) is 39.0 Å². The summed E-state index contributed by atoms with van der Waals surface area (Å²) in [4.78, 5) is 10.5. The van der Waals surface area contributed by atoms with Gasteiger partial charge in [0.05, 0.1) is 0 Å². The van der Waals surface area contributed by atoms with Crippen LogP contribution in [-0.2, 0) is 4.79 Å². The van der Waals surface area contributed by atoms with Crippen molar-refractivity contribution in [1.29, 1.82) is 0 Å². The summed E-state index contributed by atoms with van der Waals surface area (Å²) in [5.74, 6) is -0.0248. The number of nitrogens with one attached hydrogen (secondary N) is 1. The largest absolute Gasteiger partial charge is 0.352 e. The van der Waals surface area contributed by atoms with Gasteiger partial charge in [-0.2, -0.15) is 0 Å². The highest BCUT2D eigenvalue weighted by atomic mass is 16.1. The number of hydrogen-bond donors (Lipinski definition) is 1. The van der Waals surface area contributed by atoms with Gasteiger partial charge in [0, 0.05) is 13.5 Å². The minimum Gasteiger partial charge on any atom is -0.352 e. The monoisotopic (exact) mass is 195 g/mol. The van der Waals surface area contributed by atoms with E-state index >= 15 is 0 Å². The van der Waals surface area contributed by atoms with E-state index in [1.54, 1.807) is 6.08 Å². The average molecular weight is 195 g/mol. The molecule has 0 rings (SSSR count). The van der Waals surface area contributed by atoms with Crippen LogP contribution in [0, 0.1) is 0 Å². The third-order valence-corrected chi connectivity index (χ3v) is 1.31. The molecule has 0 saturated heterocycles. The molecule has 1 amide bonds. The fourth-order valence-corrected chi connectivity index (χ4v) is 0.645. The van der Waals surface area contributed by atoms with E-state index in [4.69, 9.17) is 0 Å². The topological polar surface area (TPSA) is 29.1 Å². The molecule has 0 unspecified atom stereocenters. The molecular formula is C12H21NO. The van der Waals surface area contributed by atoms with Crippen molar-refractivity contribution >= 4 is 5.91 Å². The van der Waals surface area contributed by atoms with Crippen LogP contribution in [0.1, 0.15) is 27.7 Å². The summed E-state index contributed by atoms with van der Waals surface area (Å²) in [5, 5.41) is 2.69. The minimum absolute atomic E-state index is 0.0248. The fraction of sp³-hybridized carbons (Fsp3) is 0.417. The quantitative estimate of drug-likeness (QED) is 0.687. The second-order valence-corrected chi connectivity index (χ2v) is 2.38. The molecule has 0 atom stereocenters. The summed E-state index contributed by atoms with van der Waals surface area (Å²) in [6, 6.07) is 0. The van der Waals surface area contributed by atoms with Crippen molar-refractivity contribution in [3.63, 3.8) is 0 Å². The summed E-state index contributed by atoms with van der Waals surface area (Å²) in [7, 11) is 0. The van der Waals surface area contributed by atoms with Crippen LogP contribution >= 0.6 is 0 Å². The van der Waals surface area contributed by atoms with Crippen LogP contribution in [0.3, 0.4) is 0 Å². The van der Waals surface area contributed by atoms with E-state index in [-0.39, 0.29) is 5.91 Å². The van der Waals surface area contributed by atoms with E-state index in [2.05, 4.69) is 11.9 Å². The van der Waals surface area contributed by atoms with Crippen molar-refractivity contribution < 1.29 is 4.79 Å². The zero-order chi connectivity index (χ0) is 11.4. The highest BCUT2D eigenvalue weighted by Gasteiger charge is 1.91. The number of allylic oxidation sites excluding steroid dienone is 3. The molecule has 0 fully saturated rings. The molecule has 0 radical (unpaired) electrons. The third-order valence-electron chi connectivity index (χ3n) is 1.31. The zero-order valence-corrected chi connectivity index (χ0v) is 9.63. The van der Waals surface area contributed by atoms with E-state index < -0.39 is 0 Å². The highest BCUT2D eigenvalue weighted by Crippen LogP contribution is 1.93. The van der Waals surface area contributed by atoms with Gasteiger partial charge in [-0.1, -0.05) is 44.7 Å². The normalized spacial score (nSPS) is 10.4. The molecule has 0 saturated carbocycles. The maximum absolute atomic E-state index is 10.5. The summed E-state index contributed by atoms with van der Waals surface area (Å²) in [5.41, 5.74) is 1.00. The van der Waals surface area contributed by atoms with Crippen molar-refractivity contribution in [2.45, 2.75) is 27.7 Å². The molecule has 0 heterocycles. The van der Waals surface area contributed by atoms with Gasteiger partial charge in [-0.25, -0.2) is 0 Å². The molecule has 14 heavy (non-hydrogen) atoms. The summed E-state index contributed by atoms with van der Waals surface area (Å²) in [6.07, 6.45) is 7.50. The van der Waals surface area contributed by atoms with Gasteiger partial charge in [-0.05, 0) is 12.5 Å². The van der Waals surface area contributed by atoms with Gasteiger partial charge in [0.2, 0.25) is 5.91 Å². The Bertz CT molecular complexity index is 214. The van der Waals surface area contributed by atoms with Crippen LogP contribution in [0.4, 0.5) is 0 Å². The third kappa shape index (κ3) is 10.7. The van der Waals surface area contributed by atoms with Crippen LogP contribution in [0.5, 0.6) is 0 Å². The standard InChI is InChI=1S/C10H15NO.C2H6/c1-4-6-7-10(5-2)8-11-9(3)12;1-2/h4-7H,2,8H2,1,3H3,(H,11,12);1-2H3/b6-4-,10-7+;. The Hall–Kier alpha value is -1.31. The maximum atomic E-state index is 10.5. The lowest BCUT2D eigenvalue weighted by Crippen LogP contribution is -2.21. The highest BCUT2D eigenvalue weighted by molar-refractivity contribution is 5.73. The van der Waals surface area contributed by atoms with Crippen molar-refractivity contribution in [2.75, 3.05) is 6.54 Å². The molecule has 0 spiro atoms. The molecule has 0 aromatic carbocycles. The Morgan fingerprint density at radius 1 is 1.43 bits per heavy atom. The van der Waals surface area contributed by atoms with Gasteiger partial charge >= 0.3 is 0 Å². The Balaban J connectivity index is 0. The molecule has 0 aromatic rings. The lowest BCUT2D eigenvalue weighted by atomic mass is 10.2. The van der Waals surface area contributed by atoms with Gasteiger partial charge in [0.25, 0.3) is 0 Å². The first-order valence-corrected chi connectivity index (χ1v) is 4.89. The molecule has 0 aliphatic rings. The van der Waals surface area contributed by atoms with Gasteiger partial charge in [-0.3, -0.25) is 4.79 Å². The molecular weight excluding hydrogens is 174 g/mol. The van der Waals surface area contributed by atoms with Gasteiger partial charge in [0.15, 0.2) is 0 Å². The smallest absolute Gasteiger partial charge is 0.217 e. The van der Waals surface area contributed by atoms with E-state index in [1.165, 1.54) is 6.92 Å².